The van der Waals surface area contributed by atoms with Crippen LogP contribution in [0.15, 0.2) is 48.7 Å². The van der Waals surface area contributed by atoms with Crippen molar-refractivity contribution in [3.05, 3.63) is 60.0 Å². The summed E-state index contributed by atoms with van der Waals surface area (Å²) in [4.78, 5) is 5.91. The first-order valence-corrected chi connectivity index (χ1v) is 10.1. The topological polar surface area (TPSA) is 40.3 Å². The molecule has 0 amide bonds. The van der Waals surface area contributed by atoms with Crippen LogP contribution in [0.2, 0.25) is 0 Å². The van der Waals surface area contributed by atoms with Gasteiger partial charge in [0.2, 0.25) is 0 Å². The minimum atomic E-state index is -0.193. The first-order valence-electron chi connectivity index (χ1n) is 10.1. The molecule has 0 bridgehead atoms. The summed E-state index contributed by atoms with van der Waals surface area (Å²) in [5.41, 5.74) is 3.55. The maximum absolute atomic E-state index is 13.0. The molecule has 0 atom stereocenters. The molecule has 2 N–H and O–H groups in total. The third-order valence-corrected chi connectivity index (χ3v) is 5.79. The van der Waals surface area contributed by atoms with Crippen LogP contribution in [-0.4, -0.2) is 43.2 Å². The molecule has 1 aliphatic heterocycles. The third-order valence-electron chi connectivity index (χ3n) is 5.79. The van der Waals surface area contributed by atoms with Gasteiger partial charge < -0.3 is 19.9 Å². The van der Waals surface area contributed by atoms with Crippen molar-refractivity contribution < 1.29 is 9.13 Å². The fraction of sp³-hybridized carbons (Fsp3) is 0.391. The van der Waals surface area contributed by atoms with Gasteiger partial charge in [-0.05, 0) is 86.3 Å². The number of piperidine rings is 1. The van der Waals surface area contributed by atoms with Crippen LogP contribution in [0.5, 0.6) is 5.75 Å². The van der Waals surface area contributed by atoms with Crippen molar-refractivity contribution in [3.8, 4) is 5.75 Å². The number of aromatic amines is 1. The van der Waals surface area contributed by atoms with Gasteiger partial charge in [0, 0.05) is 35.9 Å². The summed E-state index contributed by atoms with van der Waals surface area (Å²) in [5.74, 6) is 1.45. The van der Waals surface area contributed by atoms with E-state index in [9.17, 15) is 4.39 Å². The largest absolute Gasteiger partial charge is 0.497 e. The number of hydrogen-bond acceptors (Lipinski definition) is 3. The second-order valence-corrected chi connectivity index (χ2v) is 7.65. The Labute approximate surface area is 165 Å². The van der Waals surface area contributed by atoms with E-state index in [2.05, 4.69) is 33.5 Å². The fourth-order valence-corrected chi connectivity index (χ4v) is 4.10. The van der Waals surface area contributed by atoms with Crippen molar-refractivity contribution in [1.82, 2.24) is 9.88 Å². The average Bonchev–Trinajstić information content (AvgIpc) is 3.12. The SMILES string of the molecule is COc1ccc2[nH]cc(CC3CCN(CCNc4ccc(F)cc4)CC3)c2c1. The molecule has 4 rings (SSSR count). The number of rotatable bonds is 7. The molecule has 0 unspecified atom stereocenters. The first-order chi connectivity index (χ1) is 13.7. The highest BCUT2D eigenvalue weighted by molar-refractivity contribution is 5.84. The van der Waals surface area contributed by atoms with Gasteiger partial charge in [0.25, 0.3) is 0 Å². The molecule has 28 heavy (non-hydrogen) atoms. The summed E-state index contributed by atoms with van der Waals surface area (Å²) in [6.45, 7) is 4.19. The van der Waals surface area contributed by atoms with Gasteiger partial charge in [-0.15, -0.1) is 0 Å². The highest BCUT2D eigenvalue weighted by atomic mass is 19.1. The zero-order valence-corrected chi connectivity index (χ0v) is 16.4. The number of benzene rings is 2. The van der Waals surface area contributed by atoms with Gasteiger partial charge in [0.15, 0.2) is 0 Å². The number of methoxy groups -OCH3 is 1. The number of H-pyrrole nitrogens is 1. The van der Waals surface area contributed by atoms with E-state index in [1.54, 1.807) is 19.2 Å². The number of nitrogens with one attached hydrogen (secondary N) is 2. The van der Waals surface area contributed by atoms with Gasteiger partial charge in [0.1, 0.15) is 11.6 Å². The zero-order valence-electron chi connectivity index (χ0n) is 16.4. The number of ether oxygens (including phenoxy) is 1. The summed E-state index contributed by atoms with van der Waals surface area (Å²) in [5, 5.41) is 4.66. The van der Waals surface area contributed by atoms with E-state index in [4.69, 9.17) is 4.74 Å². The highest BCUT2D eigenvalue weighted by Crippen LogP contribution is 2.28. The summed E-state index contributed by atoms with van der Waals surface area (Å²) >= 11 is 0. The van der Waals surface area contributed by atoms with Gasteiger partial charge in [-0.3, -0.25) is 0 Å². The molecule has 0 aliphatic carbocycles. The monoisotopic (exact) mass is 381 g/mol. The van der Waals surface area contributed by atoms with Gasteiger partial charge in [0.05, 0.1) is 7.11 Å². The van der Waals surface area contributed by atoms with Crippen LogP contribution in [0.4, 0.5) is 10.1 Å². The maximum atomic E-state index is 13.0. The molecule has 1 fully saturated rings. The molecule has 1 aromatic heterocycles. The highest BCUT2D eigenvalue weighted by Gasteiger charge is 2.20. The van der Waals surface area contributed by atoms with E-state index in [1.807, 2.05) is 6.07 Å². The molecule has 0 saturated carbocycles. The Hall–Kier alpha value is -2.53. The zero-order chi connectivity index (χ0) is 19.3. The summed E-state index contributed by atoms with van der Waals surface area (Å²) in [6, 6.07) is 12.8. The standard InChI is InChI=1S/C23H28FN3O/c1-28-21-6-7-23-22(15-21)18(16-26-23)14-17-8-11-27(12-9-17)13-10-25-20-4-2-19(24)3-5-20/h2-7,15-17,25-26H,8-14H2,1H3. The predicted molar refractivity (Wildman–Crippen MR) is 113 cm³/mol. The van der Waals surface area contributed by atoms with Gasteiger partial charge in [-0.1, -0.05) is 0 Å². The number of halogens is 1. The molecule has 5 heteroatoms. The Balaban J connectivity index is 1.25. The predicted octanol–water partition coefficient (Wildman–Crippen LogP) is 4.68. The Morgan fingerprint density at radius 1 is 1.14 bits per heavy atom. The fourth-order valence-electron chi connectivity index (χ4n) is 4.10. The number of anilines is 1. The van der Waals surface area contributed by atoms with Crippen molar-refractivity contribution >= 4 is 16.6 Å². The van der Waals surface area contributed by atoms with Crippen LogP contribution < -0.4 is 10.1 Å². The Bertz CT molecular complexity index is 898. The maximum Gasteiger partial charge on any atom is 0.123 e. The molecule has 2 aromatic carbocycles. The molecule has 1 saturated heterocycles. The van der Waals surface area contributed by atoms with Gasteiger partial charge >= 0.3 is 0 Å². The van der Waals surface area contributed by atoms with E-state index >= 15 is 0 Å². The van der Waals surface area contributed by atoms with Gasteiger partial charge in [-0.2, -0.15) is 0 Å². The van der Waals surface area contributed by atoms with Crippen LogP contribution in [-0.2, 0) is 6.42 Å². The number of likely N-dealkylation sites (tertiary alicyclic amines) is 1. The molecule has 1 aliphatic rings. The normalized spacial score (nSPS) is 15.8. The lowest BCUT2D eigenvalue weighted by Gasteiger charge is -2.32. The number of fused-ring (bicyclic) bond motifs is 1. The lowest BCUT2D eigenvalue weighted by Crippen LogP contribution is -2.37. The average molecular weight is 381 g/mol. The van der Waals surface area contributed by atoms with E-state index in [-0.39, 0.29) is 5.82 Å². The van der Waals surface area contributed by atoms with Crippen molar-refractivity contribution in [2.75, 3.05) is 38.6 Å². The molecule has 4 nitrogen and oxygen atoms in total. The molecular formula is C23H28FN3O. The third kappa shape index (κ3) is 4.47. The van der Waals surface area contributed by atoms with Gasteiger partial charge in [-0.25, -0.2) is 4.39 Å². The van der Waals surface area contributed by atoms with Crippen LogP contribution in [0.3, 0.4) is 0 Å². The van der Waals surface area contributed by atoms with Crippen molar-refractivity contribution in [2.24, 2.45) is 5.92 Å². The Morgan fingerprint density at radius 3 is 2.68 bits per heavy atom. The summed E-state index contributed by atoms with van der Waals surface area (Å²) in [7, 11) is 1.72. The summed E-state index contributed by atoms with van der Waals surface area (Å²) in [6.07, 6.45) is 5.73. The molecule has 0 spiro atoms. The second kappa shape index (κ2) is 8.65. The van der Waals surface area contributed by atoms with E-state index in [1.165, 1.54) is 41.4 Å². The summed E-state index contributed by atoms with van der Waals surface area (Å²) < 4.78 is 18.3. The molecular weight excluding hydrogens is 353 g/mol. The van der Waals surface area contributed by atoms with E-state index in [0.29, 0.717) is 0 Å². The Kier molecular flexibility index (Phi) is 5.81. The Morgan fingerprint density at radius 2 is 1.93 bits per heavy atom. The van der Waals surface area contributed by atoms with Crippen LogP contribution in [0.1, 0.15) is 18.4 Å². The molecule has 2 heterocycles. The van der Waals surface area contributed by atoms with E-state index < -0.39 is 0 Å². The smallest absolute Gasteiger partial charge is 0.123 e. The van der Waals surface area contributed by atoms with Crippen molar-refractivity contribution in [1.29, 1.82) is 0 Å². The quantitative estimate of drug-likeness (QED) is 0.624. The van der Waals surface area contributed by atoms with Crippen LogP contribution in [0, 0.1) is 11.7 Å². The minimum absolute atomic E-state index is 0.193. The molecule has 148 valence electrons. The van der Waals surface area contributed by atoms with Crippen molar-refractivity contribution in [2.45, 2.75) is 19.3 Å². The number of aromatic nitrogens is 1. The number of nitrogens with zero attached hydrogens (tertiary/aromatic N) is 1. The van der Waals surface area contributed by atoms with Crippen LogP contribution in [0.25, 0.3) is 10.9 Å². The second-order valence-electron chi connectivity index (χ2n) is 7.65. The van der Waals surface area contributed by atoms with Crippen LogP contribution >= 0.6 is 0 Å². The molecule has 0 radical (unpaired) electrons. The first kappa shape index (κ1) is 18.8. The van der Waals surface area contributed by atoms with E-state index in [0.717, 1.165) is 50.0 Å². The van der Waals surface area contributed by atoms with Crippen molar-refractivity contribution in [3.63, 3.8) is 0 Å². The lowest BCUT2D eigenvalue weighted by molar-refractivity contribution is 0.190. The molecule has 3 aromatic rings. The number of hydrogen-bond donors (Lipinski definition) is 2. The lowest BCUT2D eigenvalue weighted by atomic mass is 9.90. The minimum Gasteiger partial charge on any atom is -0.497 e.